The molecule has 0 bridgehead atoms. The molecular weight excluding hydrogens is 456 g/mol. The molecule has 0 spiro atoms. The first-order chi connectivity index (χ1) is 16.3. The van der Waals surface area contributed by atoms with E-state index in [1.807, 2.05) is 32.0 Å². The molecule has 0 aliphatic carbocycles. The van der Waals surface area contributed by atoms with Crippen LogP contribution < -0.4 is 21.7 Å². The van der Waals surface area contributed by atoms with Gasteiger partial charge in [-0.1, -0.05) is 44.2 Å². The summed E-state index contributed by atoms with van der Waals surface area (Å²) in [5.41, 5.74) is 5.19. The summed E-state index contributed by atoms with van der Waals surface area (Å²) >= 11 is 0. The summed E-state index contributed by atoms with van der Waals surface area (Å²) in [6.07, 6.45) is -1.16. The highest BCUT2D eigenvalue weighted by molar-refractivity contribution is 5.94. The molecule has 0 saturated carbocycles. The van der Waals surface area contributed by atoms with Crippen molar-refractivity contribution in [2.24, 2.45) is 11.7 Å². The Morgan fingerprint density at radius 3 is 2.11 bits per heavy atom. The summed E-state index contributed by atoms with van der Waals surface area (Å²) in [7, 11) is 0. The van der Waals surface area contributed by atoms with Gasteiger partial charge >= 0.3 is 12.1 Å². The number of hydrogen-bond acceptors (Lipinski definition) is 7. The molecule has 0 heterocycles. The number of benzene rings is 1. The van der Waals surface area contributed by atoms with Gasteiger partial charge in [0.05, 0.1) is 6.42 Å². The maximum atomic E-state index is 12.8. The van der Waals surface area contributed by atoms with Crippen LogP contribution in [0.1, 0.15) is 53.0 Å². The van der Waals surface area contributed by atoms with Crippen LogP contribution in [0.4, 0.5) is 4.79 Å². The Labute approximate surface area is 205 Å². The van der Waals surface area contributed by atoms with Gasteiger partial charge in [-0.15, -0.1) is 0 Å². The molecule has 0 radical (unpaired) electrons. The molecular formula is C24H36N4O7. The van der Waals surface area contributed by atoms with Crippen molar-refractivity contribution in [3.63, 3.8) is 0 Å². The fourth-order valence-electron chi connectivity index (χ4n) is 2.91. The van der Waals surface area contributed by atoms with E-state index < -0.39 is 60.4 Å². The maximum Gasteiger partial charge on any atom is 0.408 e. The van der Waals surface area contributed by atoms with Gasteiger partial charge in [0.15, 0.2) is 0 Å². The second-order valence-electron chi connectivity index (χ2n) is 9.42. The number of ether oxygens (including phenoxy) is 2. The zero-order valence-electron chi connectivity index (χ0n) is 20.9. The molecule has 2 atom stereocenters. The standard InChI is InChI=1S/C24H36N4O7/c1-15(2)11-17(21(31)26-13-20(30)34-14-16-9-7-6-8-10-16)27-22(32)18(12-19(25)29)28-23(33)35-24(3,4)5/h6-10,15,17-18H,11-14H2,1-5H3,(H2,25,29)(H,26,31)(H,27,32)(H,28,33)/t17-,18-/m0/s1. The van der Waals surface area contributed by atoms with Crippen LogP contribution in [0.25, 0.3) is 0 Å². The first-order valence-corrected chi connectivity index (χ1v) is 11.3. The maximum absolute atomic E-state index is 12.8. The molecule has 0 unspecified atom stereocenters. The summed E-state index contributed by atoms with van der Waals surface area (Å²) in [5.74, 6) is -2.87. The minimum Gasteiger partial charge on any atom is -0.460 e. The van der Waals surface area contributed by atoms with Gasteiger partial charge in [0.1, 0.15) is 30.8 Å². The van der Waals surface area contributed by atoms with Gasteiger partial charge in [0, 0.05) is 0 Å². The van der Waals surface area contributed by atoms with Crippen molar-refractivity contribution >= 4 is 29.8 Å². The van der Waals surface area contributed by atoms with Crippen LogP contribution in [0.3, 0.4) is 0 Å². The number of rotatable bonds is 12. The minimum absolute atomic E-state index is 0.00416. The van der Waals surface area contributed by atoms with E-state index in [1.54, 1.807) is 32.9 Å². The second-order valence-corrected chi connectivity index (χ2v) is 9.42. The van der Waals surface area contributed by atoms with Crippen molar-refractivity contribution in [3.05, 3.63) is 35.9 Å². The monoisotopic (exact) mass is 492 g/mol. The Balaban J connectivity index is 2.75. The Morgan fingerprint density at radius 1 is 0.943 bits per heavy atom. The summed E-state index contributed by atoms with van der Waals surface area (Å²) in [5, 5.41) is 7.28. The molecule has 11 nitrogen and oxygen atoms in total. The molecule has 1 rings (SSSR count). The van der Waals surface area contributed by atoms with Crippen LogP contribution in [-0.2, 0) is 35.3 Å². The third-order valence-electron chi connectivity index (χ3n) is 4.40. The first kappa shape index (κ1) is 29.4. The lowest BCUT2D eigenvalue weighted by molar-refractivity contribution is -0.145. The van der Waals surface area contributed by atoms with Crippen LogP contribution in [0.15, 0.2) is 30.3 Å². The van der Waals surface area contributed by atoms with Gasteiger partial charge in [-0.05, 0) is 38.7 Å². The molecule has 0 saturated heterocycles. The normalized spacial score (nSPS) is 12.7. The van der Waals surface area contributed by atoms with Crippen molar-refractivity contribution in [1.82, 2.24) is 16.0 Å². The van der Waals surface area contributed by atoms with Crippen LogP contribution in [0, 0.1) is 5.92 Å². The summed E-state index contributed by atoms with van der Waals surface area (Å²) in [6, 6.07) is 6.69. The van der Waals surface area contributed by atoms with E-state index in [2.05, 4.69) is 16.0 Å². The average Bonchev–Trinajstić information content (AvgIpc) is 2.73. The number of carbonyl (C=O) groups excluding carboxylic acids is 5. The Morgan fingerprint density at radius 2 is 1.57 bits per heavy atom. The molecule has 1 aromatic carbocycles. The minimum atomic E-state index is -1.35. The lowest BCUT2D eigenvalue weighted by Gasteiger charge is -2.25. The molecule has 0 aliphatic rings. The van der Waals surface area contributed by atoms with E-state index in [9.17, 15) is 24.0 Å². The van der Waals surface area contributed by atoms with E-state index in [0.29, 0.717) is 0 Å². The van der Waals surface area contributed by atoms with Gasteiger partial charge in [0.25, 0.3) is 0 Å². The summed E-state index contributed by atoms with van der Waals surface area (Å²) in [6.45, 7) is 8.29. The third kappa shape index (κ3) is 13.0. The van der Waals surface area contributed by atoms with Crippen molar-refractivity contribution in [1.29, 1.82) is 0 Å². The number of esters is 1. The Bertz CT molecular complexity index is 882. The lowest BCUT2D eigenvalue weighted by Crippen LogP contribution is -2.55. The predicted octanol–water partition coefficient (Wildman–Crippen LogP) is 1.15. The number of nitrogens with one attached hydrogen (secondary N) is 3. The molecule has 4 amide bonds. The fourth-order valence-corrected chi connectivity index (χ4v) is 2.91. The van der Waals surface area contributed by atoms with Crippen LogP contribution in [0.2, 0.25) is 0 Å². The van der Waals surface area contributed by atoms with E-state index in [-0.39, 0.29) is 18.9 Å². The molecule has 194 valence electrons. The Kier molecular flexibility index (Phi) is 11.7. The molecule has 35 heavy (non-hydrogen) atoms. The van der Waals surface area contributed by atoms with Crippen molar-refractivity contribution in [2.45, 2.75) is 71.8 Å². The molecule has 11 heteroatoms. The number of amides is 4. The van der Waals surface area contributed by atoms with Crippen LogP contribution >= 0.6 is 0 Å². The number of hydrogen-bond donors (Lipinski definition) is 4. The number of primary amides is 1. The SMILES string of the molecule is CC(C)C[C@H](NC(=O)[C@H](CC(N)=O)NC(=O)OC(C)(C)C)C(=O)NCC(=O)OCc1ccccc1. The summed E-state index contributed by atoms with van der Waals surface area (Å²) in [4.78, 5) is 61.1. The van der Waals surface area contributed by atoms with Crippen LogP contribution in [-0.4, -0.2) is 54.0 Å². The largest absolute Gasteiger partial charge is 0.460 e. The molecule has 0 aromatic heterocycles. The third-order valence-corrected chi connectivity index (χ3v) is 4.40. The van der Waals surface area contributed by atoms with E-state index in [0.717, 1.165) is 5.56 Å². The van der Waals surface area contributed by atoms with Gasteiger partial charge < -0.3 is 31.2 Å². The highest BCUT2D eigenvalue weighted by Gasteiger charge is 2.30. The summed E-state index contributed by atoms with van der Waals surface area (Å²) < 4.78 is 10.3. The smallest absolute Gasteiger partial charge is 0.408 e. The number of carbonyl (C=O) groups is 5. The van der Waals surface area contributed by atoms with Gasteiger partial charge in [-0.25, -0.2) is 4.79 Å². The molecule has 1 aromatic rings. The zero-order chi connectivity index (χ0) is 26.6. The Hall–Kier alpha value is -3.63. The van der Waals surface area contributed by atoms with Crippen LogP contribution in [0.5, 0.6) is 0 Å². The van der Waals surface area contributed by atoms with E-state index >= 15 is 0 Å². The number of alkyl carbamates (subject to hydrolysis) is 1. The average molecular weight is 493 g/mol. The van der Waals surface area contributed by atoms with Gasteiger partial charge in [0.2, 0.25) is 17.7 Å². The fraction of sp³-hybridized carbons (Fsp3) is 0.542. The molecule has 5 N–H and O–H groups in total. The lowest BCUT2D eigenvalue weighted by atomic mass is 10.0. The predicted molar refractivity (Wildman–Crippen MR) is 128 cm³/mol. The van der Waals surface area contributed by atoms with Crippen molar-refractivity contribution in [2.75, 3.05) is 6.54 Å². The van der Waals surface area contributed by atoms with E-state index in [1.165, 1.54) is 0 Å². The molecule has 0 fully saturated rings. The highest BCUT2D eigenvalue weighted by Crippen LogP contribution is 2.09. The quantitative estimate of drug-likeness (QED) is 0.318. The second kappa shape index (κ2) is 13.9. The van der Waals surface area contributed by atoms with Gasteiger partial charge in [-0.3, -0.25) is 19.2 Å². The highest BCUT2D eigenvalue weighted by atomic mass is 16.6. The van der Waals surface area contributed by atoms with E-state index in [4.69, 9.17) is 15.2 Å². The van der Waals surface area contributed by atoms with Crippen molar-refractivity contribution in [3.8, 4) is 0 Å². The first-order valence-electron chi connectivity index (χ1n) is 11.3. The number of nitrogens with two attached hydrogens (primary N) is 1. The van der Waals surface area contributed by atoms with Gasteiger partial charge in [-0.2, -0.15) is 0 Å². The molecule has 0 aliphatic heterocycles. The van der Waals surface area contributed by atoms with Crippen molar-refractivity contribution < 1.29 is 33.4 Å². The zero-order valence-corrected chi connectivity index (χ0v) is 20.9. The topological polar surface area (TPSA) is 166 Å².